The maximum atomic E-state index is 13.0. The van der Waals surface area contributed by atoms with Crippen molar-refractivity contribution in [3.05, 3.63) is 64.7 Å². The van der Waals surface area contributed by atoms with Crippen LogP contribution in [0.4, 0.5) is 11.4 Å². The van der Waals surface area contributed by atoms with Crippen LogP contribution < -0.4 is 14.5 Å². The molecule has 2 aromatic carbocycles. The molecule has 0 unspecified atom stereocenters. The van der Waals surface area contributed by atoms with Gasteiger partial charge in [-0.2, -0.15) is 0 Å². The smallest absolute Gasteiger partial charge is 0.316 e. The molecule has 0 spiro atoms. The number of allylic oxidation sites excluding steroid dienone is 2. The summed E-state index contributed by atoms with van der Waals surface area (Å²) in [5.74, 6) is -1.92. The summed E-state index contributed by atoms with van der Waals surface area (Å²) in [7, 11) is 0. The van der Waals surface area contributed by atoms with Crippen molar-refractivity contribution in [3.8, 4) is 5.75 Å². The van der Waals surface area contributed by atoms with Gasteiger partial charge in [0, 0.05) is 23.7 Å². The molecule has 2 aliphatic heterocycles. The average molecular weight is 493 g/mol. The van der Waals surface area contributed by atoms with Gasteiger partial charge in [0.05, 0.1) is 23.4 Å². The Morgan fingerprint density at radius 2 is 1.69 bits per heavy atom. The highest BCUT2D eigenvalue weighted by atomic mass is 35.5. The average Bonchev–Trinajstić information content (AvgIpc) is 3.32. The number of halogens is 1. The molecule has 35 heavy (non-hydrogen) atoms. The number of amides is 3. The summed E-state index contributed by atoms with van der Waals surface area (Å²) in [6, 6.07) is 11.7. The highest BCUT2D eigenvalue weighted by Crippen LogP contribution is 2.41. The number of benzene rings is 2. The maximum Gasteiger partial charge on any atom is 0.316 e. The summed E-state index contributed by atoms with van der Waals surface area (Å²) in [6.07, 6.45) is 3.28. The van der Waals surface area contributed by atoms with Crippen molar-refractivity contribution < 1.29 is 23.9 Å². The number of nitrogens with zero attached hydrogens (tertiary/aromatic N) is 2. The van der Waals surface area contributed by atoms with Crippen LogP contribution in [0.1, 0.15) is 31.7 Å². The van der Waals surface area contributed by atoms with Gasteiger partial charge in [-0.05, 0) is 74.7 Å². The van der Waals surface area contributed by atoms with Crippen LogP contribution in [0.15, 0.2) is 54.1 Å². The first kappa shape index (κ1) is 23.3. The van der Waals surface area contributed by atoms with E-state index in [4.69, 9.17) is 16.3 Å². The minimum atomic E-state index is -0.598. The Balaban J connectivity index is 1.28. The Kier molecular flexibility index (Phi) is 5.97. The summed E-state index contributed by atoms with van der Waals surface area (Å²) >= 11 is 5.92. The zero-order valence-electron chi connectivity index (χ0n) is 19.5. The van der Waals surface area contributed by atoms with Crippen molar-refractivity contribution in [2.75, 3.05) is 16.3 Å². The van der Waals surface area contributed by atoms with Gasteiger partial charge < -0.3 is 9.64 Å². The van der Waals surface area contributed by atoms with E-state index in [2.05, 4.69) is 0 Å². The third-order valence-corrected chi connectivity index (χ3v) is 7.30. The molecule has 0 radical (unpaired) electrons. The van der Waals surface area contributed by atoms with Gasteiger partial charge in [-0.3, -0.25) is 19.2 Å². The number of aryl methyl sites for hydroxylation is 1. The maximum absolute atomic E-state index is 13.0. The molecular weight excluding hydrogens is 468 g/mol. The van der Waals surface area contributed by atoms with Gasteiger partial charge in [-0.1, -0.05) is 23.3 Å². The summed E-state index contributed by atoms with van der Waals surface area (Å²) in [5.41, 5.74) is 2.98. The number of ether oxygens (including phenoxy) is 1. The van der Waals surface area contributed by atoms with Crippen molar-refractivity contribution in [2.24, 2.45) is 17.8 Å². The molecule has 0 N–H and O–H groups in total. The van der Waals surface area contributed by atoms with Crippen LogP contribution >= 0.6 is 11.6 Å². The fourth-order valence-electron chi connectivity index (χ4n) is 5.15. The molecule has 3 amide bonds. The van der Waals surface area contributed by atoms with Crippen molar-refractivity contribution in [3.63, 3.8) is 0 Å². The van der Waals surface area contributed by atoms with Crippen LogP contribution in [0.2, 0.25) is 5.02 Å². The molecule has 0 saturated carbocycles. The molecule has 2 heterocycles. The van der Waals surface area contributed by atoms with E-state index in [9.17, 15) is 19.2 Å². The monoisotopic (exact) mass is 492 g/mol. The summed E-state index contributed by atoms with van der Waals surface area (Å²) in [6.45, 7) is 3.99. The second kappa shape index (κ2) is 8.96. The lowest BCUT2D eigenvalue weighted by molar-refractivity contribution is -0.139. The Labute approximate surface area is 208 Å². The van der Waals surface area contributed by atoms with E-state index < -0.39 is 11.9 Å². The van der Waals surface area contributed by atoms with E-state index in [1.807, 2.05) is 13.0 Å². The van der Waals surface area contributed by atoms with Crippen molar-refractivity contribution in [2.45, 2.75) is 33.1 Å². The van der Waals surface area contributed by atoms with Crippen molar-refractivity contribution >= 4 is 46.7 Å². The molecule has 2 aromatic rings. The first-order valence-corrected chi connectivity index (χ1v) is 12.0. The number of rotatable bonds is 4. The van der Waals surface area contributed by atoms with Crippen LogP contribution in [0.5, 0.6) is 5.75 Å². The van der Waals surface area contributed by atoms with Crippen molar-refractivity contribution in [1.82, 2.24) is 0 Å². The Bertz CT molecular complexity index is 1270. The first-order chi connectivity index (χ1) is 16.7. The molecule has 3 aliphatic rings. The summed E-state index contributed by atoms with van der Waals surface area (Å²) in [4.78, 5) is 54.1. The molecule has 7 nitrogen and oxygen atoms in total. The summed E-state index contributed by atoms with van der Waals surface area (Å²) in [5, 5.41) is 0.568. The van der Waals surface area contributed by atoms with Crippen LogP contribution in [0.3, 0.4) is 0 Å². The second-order valence-electron chi connectivity index (χ2n) is 9.47. The van der Waals surface area contributed by atoms with E-state index in [-0.39, 0.29) is 42.5 Å². The van der Waals surface area contributed by atoms with E-state index >= 15 is 0 Å². The van der Waals surface area contributed by atoms with Crippen LogP contribution in [0.25, 0.3) is 0 Å². The largest absolute Gasteiger partial charge is 0.426 e. The first-order valence-electron chi connectivity index (χ1n) is 11.6. The fraction of sp³-hybridized carbons (Fsp3) is 0.333. The highest BCUT2D eigenvalue weighted by molar-refractivity contribution is 6.30. The van der Waals surface area contributed by atoms with Crippen LogP contribution in [-0.2, 0) is 19.2 Å². The van der Waals surface area contributed by atoms with Crippen LogP contribution in [-0.4, -0.2) is 30.2 Å². The van der Waals surface area contributed by atoms with Crippen molar-refractivity contribution in [1.29, 1.82) is 0 Å². The molecule has 5 rings (SSSR count). The second-order valence-corrected chi connectivity index (χ2v) is 9.90. The fourth-order valence-corrected chi connectivity index (χ4v) is 5.28. The van der Waals surface area contributed by atoms with Gasteiger partial charge in [-0.25, -0.2) is 4.90 Å². The zero-order chi connectivity index (χ0) is 24.9. The van der Waals surface area contributed by atoms with Gasteiger partial charge in [0.25, 0.3) is 0 Å². The Morgan fingerprint density at radius 3 is 2.40 bits per heavy atom. The normalized spacial score (nSPS) is 24.0. The van der Waals surface area contributed by atoms with Gasteiger partial charge in [0.2, 0.25) is 17.7 Å². The SMILES string of the molecule is CC1=CC[C@@H]2C(=O)N(c3ccc(OC(=O)[C@@H]4CC(=O)N(c5ccc(Cl)cc5)C4)cc3C)C(=O)[C@H]2C1. The molecule has 0 aromatic heterocycles. The number of carbonyl (C=O) groups excluding carboxylic acids is 4. The minimum Gasteiger partial charge on any atom is -0.426 e. The lowest BCUT2D eigenvalue weighted by atomic mass is 9.82. The quantitative estimate of drug-likeness (QED) is 0.272. The Morgan fingerprint density at radius 1 is 0.971 bits per heavy atom. The number of hydrogen-bond donors (Lipinski definition) is 0. The molecule has 0 bridgehead atoms. The molecule has 2 saturated heterocycles. The molecule has 8 heteroatoms. The highest BCUT2D eigenvalue weighted by Gasteiger charge is 2.49. The van der Waals surface area contributed by atoms with E-state index in [1.54, 1.807) is 54.3 Å². The van der Waals surface area contributed by atoms with Crippen LogP contribution in [0, 0.1) is 24.7 Å². The predicted octanol–water partition coefficient (Wildman–Crippen LogP) is 4.45. The summed E-state index contributed by atoms with van der Waals surface area (Å²) < 4.78 is 5.58. The molecular formula is C27H25ClN2O5. The minimum absolute atomic E-state index is 0.0610. The predicted molar refractivity (Wildman–Crippen MR) is 131 cm³/mol. The third kappa shape index (κ3) is 4.25. The van der Waals surface area contributed by atoms with E-state index in [1.165, 1.54) is 4.90 Å². The molecule has 180 valence electrons. The standard InChI is InChI=1S/C27H25ClN2O5/c1-15-3-9-21-22(11-15)26(33)30(25(21)32)23-10-8-20(12-16(23)2)35-27(34)17-13-24(31)29(14-17)19-6-4-18(28)5-7-19/h3-8,10,12,17,21-22H,9,11,13-14H2,1-2H3/t17-,21+,22+/m1/s1. The molecule has 1 aliphatic carbocycles. The zero-order valence-corrected chi connectivity index (χ0v) is 20.2. The van der Waals surface area contributed by atoms with E-state index in [0.717, 1.165) is 5.57 Å². The number of imide groups is 1. The van der Waals surface area contributed by atoms with Gasteiger partial charge >= 0.3 is 5.97 Å². The van der Waals surface area contributed by atoms with Gasteiger partial charge in [0.1, 0.15) is 5.75 Å². The molecule has 3 atom stereocenters. The number of carbonyl (C=O) groups is 4. The lowest BCUT2D eigenvalue weighted by Crippen LogP contribution is -2.31. The van der Waals surface area contributed by atoms with E-state index in [0.29, 0.717) is 40.6 Å². The van der Waals surface area contributed by atoms with Gasteiger partial charge in [-0.15, -0.1) is 0 Å². The number of esters is 1. The lowest BCUT2D eigenvalue weighted by Gasteiger charge is -2.19. The topological polar surface area (TPSA) is 84.0 Å². The number of fused-ring (bicyclic) bond motifs is 1. The number of anilines is 2. The molecule has 2 fully saturated rings. The third-order valence-electron chi connectivity index (χ3n) is 7.05. The Hall–Kier alpha value is -3.45. The van der Waals surface area contributed by atoms with Gasteiger partial charge in [0.15, 0.2) is 0 Å². The number of hydrogen-bond acceptors (Lipinski definition) is 5.